The molecule has 0 bridgehead atoms. The minimum atomic E-state index is -0.979. The third kappa shape index (κ3) is 6.94. The van der Waals surface area contributed by atoms with Gasteiger partial charge in [0.05, 0.1) is 13.0 Å². The Kier molecular flexibility index (Phi) is 8.40. The smallest absolute Gasteiger partial charge is 0.323 e. The molecule has 1 amide bonds. The number of amides is 1. The Morgan fingerprint density at radius 2 is 1.94 bits per heavy atom. The molecule has 1 atom stereocenters. The highest BCUT2D eigenvalue weighted by Crippen LogP contribution is 2.06. The second-order valence-electron chi connectivity index (χ2n) is 4.04. The van der Waals surface area contributed by atoms with Crippen LogP contribution in [-0.4, -0.2) is 47.7 Å². The lowest BCUT2D eigenvalue weighted by atomic mass is 10.2. The summed E-state index contributed by atoms with van der Waals surface area (Å²) in [6.07, 6.45) is 1.91. The molecule has 0 heterocycles. The first-order valence-electron chi connectivity index (χ1n) is 6.11. The van der Waals surface area contributed by atoms with Crippen molar-refractivity contribution in [2.24, 2.45) is 0 Å². The summed E-state index contributed by atoms with van der Waals surface area (Å²) in [7, 11) is 0. The van der Waals surface area contributed by atoms with Gasteiger partial charge in [0.25, 0.3) is 0 Å². The molecule has 0 spiro atoms. The average molecular weight is 245 g/mol. The van der Waals surface area contributed by atoms with Crippen LogP contribution in [0.25, 0.3) is 0 Å². The number of aliphatic carboxylic acids is 1. The van der Waals surface area contributed by atoms with Crippen LogP contribution in [0.1, 0.15) is 40.0 Å². The number of hydrogen-bond donors (Lipinski definition) is 1. The molecule has 0 aliphatic heterocycles. The Morgan fingerprint density at radius 3 is 2.41 bits per heavy atom. The first-order valence-corrected chi connectivity index (χ1v) is 6.11. The number of rotatable bonds is 9. The van der Waals surface area contributed by atoms with Gasteiger partial charge in [-0.15, -0.1) is 0 Å². The molecule has 0 aliphatic carbocycles. The van der Waals surface area contributed by atoms with Gasteiger partial charge in [-0.25, -0.2) is 0 Å². The normalized spacial score (nSPS) is 12.2. The van der Waals surface area contributed by atoms with Gasteiger partial charge in [-0.2, -0.15) is 0 Å². The third-order valence-electron chi connectivity index (χ3n) is 2.56. The summed E-state index contributed by atoms with van der Waals surface area (Å²) in [5.74, 6) is -1.13. The van der Waals surface area contributed by atoms with Gasteiger partial charge in [-0.3, -0.25) is 9.59 Å². The molecule has 0 rings (SSSR count). The van der Waals surface area contributed by atoms with Gasteiger partial charge in [0, 0.05) is 12.6 Å². The predicted octanol–water partition coefficient (Wildman–Crippen LogP) is 1.51. The maximum Gasteiger partial charge on any atom is 0.323 e. The first-order chi connectivity index (χ1) is 8.02. The predicted molar refractivity (Wildman–Crippen MR) is 64.8 cm³/mol. The fourth-order valence-corrected chi connectivity index (χ4v) is 1.41. The first kappa shape index (κ1) is 15.9. The number of carbonyl (C=O) groups is 2. The Balaban J connectivity index is 4.18. The van der Waals surface area contributed by atoms with Gasteiger partial charge < -0.3 is 14.7 Å². The zero-order chi connectivity index (χ0) is 13.3. The lowest BCUT2D eigenvalue weighted by Gasteiger charge is -2.26. The molecule has 5 nitrogen and oxygen atoms in total. The second kappa shape index (κ2) is 8.98. The van der Waals surface area contributed by atoms with E-state index in [1.165, 1.54) is 4.90 Å². The Hall–Kier alpha value is -1.10. The van der Waals surface area contributed by atoms with E-state index in [9.17, 15) is 9.59 Å². The number of carbonyl (C=O) groups excluding carboxylic acids is 1. The number of nitrogens with zero attached hydrogens (tertiary/aromatic N) is 1. The molecule has 0 saturated heterocycles. The van der Waals surface area contributed by atoms with E-state index in [1.807, 2.05) is 20.8 Å². The second-order valence-corrected chi connectivity index (χ2v) is 4.04. The molecule has 1 N–H and O–H groups in total. The summed E-state index contributed by atoms with van der Waals surface area (Å²) in [4.78, 5) is 23.9. The molecule has 0 aromatic carbocycles. The van der Waals surface area contributed by atoms with E-state index in [0.29, 0.717) is 13.2 Å². The summed E-state index contributed by atoms with van der Waals surface area (Å²) in [6, 6.07) is -0.0511. The maximum absolute atomic E-state index is 11.8. The zero-order valence-electron chi connectivity index (χ0n) is 10.9. The molecule has 1 unspecified atom stereocenters. The maximum atomic E-state index is 11.8. The van der Waals surface area contributed by atoms with Crippen LogP contribution in [0.15, 0.2) is 0 Å². The minimum Gasteiger partial charge on any atom is -0.480 e. The molecule has 0 radical (unpaired) electrons. The van der Waals surface area contributed by atoms with E-state index in [-0.39, 0.29) is 24.9 Å². The highest BCUT2D eigenvalue weighted by Gasteiger charge is 2.20. The van der Waals surface area contributed by atoms with E-state index >= 15 is 0 Å². The molecule has 17 heavy (non-hydrogen) atoms. The summed E-state index contributed by atoms with van der Waals surface area (Å²) < 4.78 is 5.23. The average Bonchev–Trinajstić information content (AvgIpc) is 2.30. The van der Waals surface area contributed by atoms with Gasteiger partial charge in [-0.05, 0) is 19.8 Å². The SMILES string of the molecule is CCCOCCC(=O)N(CC(=O)O)C(C)CC. The van der Waals surface area contributed by atoms with Crippen molar-refractivity contribution in [1.82, 2.24) is 4.90 Å². The Bertz CT molecular complexity index is 243. The van der Waals surface area contributed by atoms with E-state index < -0.39 is 5.97 Å². The van der Waals surface area contributed by atoms with Crippen LogP contribution in [0, 0.1) is 0 Å². The molecule has 100 valence electrons. The molecular formula is C12H23NO4. The number of ether oxygens (including phenoxy) is 1. The molecule has 0 saturated carbocycles. The molecule has 5 heteroatoms. The standard InChI is InChI=1S/C12H23NO4/c1-4-7-17-8-6-11(14)13(9-12(15)16)10(3)5-2/h10H,4-9H2,1-3H3,(H,15,16). The third-order valence-corrected chi connectivity index (χ3v) is 2.56. The molecule has 0 aromatic rings. The van der Waals surface area contributed by atoms with Gasteiger partial charge in [0.2, 0.25) is 5.91 Å². The number of carboxylic acid groups (broad SMARTS) is 1. The summed E-state index contributed by atoms with van der Waals surface area (Å²) in [6.45, 7) is 6.54. The van der Waals surface area contributed by atoms with Crippen LogP contribution < -0.4 is 0 Å². The van der Waals surface area contributed by atoms with E-state index in [4.69, 9.17) is 9.84 Å². The van der Waals surface area contributed by atoms with Crippen LogP contribution >= 0.6 is 0 Å². The van der Waals surface area contributed by atoms with E-state index in [1.54, 1.807) is 0 Å². The van der Waals surface area contributed by atoms with Crippen LogP contribution in [0.3, 0.4) is 0 Å². The zero-order valence-corrected chi connectivity index (χ0v) is 10.9. The largest absolute Gasteiger partial charge is 0.480 e. The lowest BCUT2D eigenvalue weighted by Crippen LogP contribution is -2.42. The molecule has 0 fully saturated rings. The van der Waals surface area contributed by atoms with Gasteiger partial charge in [0.15, 0.2) is 0 Å². The van der Waals surface area contributed by atoms with Crippen molar-refractivity contribution in [2.45, 2.75) is 46.1 Å². The van der Waals surface area contributed by atoms with Gasteiger partial charge >= 0.3 is 5.97 Å². The summed E-state index contributed by atoms with van der Waals surface area (Å²) in [5.41, 5.74) is 0. The monoisotopic (exact) mass is 245 g/mol. The van der Waals surface area contributed by atoms with Crippen LogP contribution in [0.4, 0.5) is 0 Å². The van der Waals surface area contributed by atoms with Gasteiger partial charge in [-0.1, -0.05) is 13.8 Å². The molecule has 0 aromatic heterocycles. The molecule has 0 aliphatic rings. The van der Waals surface area contributed by atoms with E-state index in [2.05, 4.69) is 0 Å². The quantitative estimate of drug-likeness (QED) is 0.625. The van der Waals surface area contributed by atoms with Crippen molar-refractivity contribution in [1.29, 1.82) is 0 Å². The molecular weight excluding hydrogens is 222 g/mol. The number of hydrogen-bond acceptors (Lipinski definition) is 3. The minimum absolute atomic E-state index is 0.0511. The van der Waals surface area contributed by atoms with Crippen LogP contribution in [-0.2, 0) is 14.3 Å². The Labute approximate surface area is 103 Å². The van der Waals surface area contributed by atoms with Crippen molar-refractivity contribution < 1.29 is 19.4 Å². The fraction of sp³-hybridized carbons (Fsp3) is 0.833. The van der Waals surface area contributed by atoms with Crippen molar-refractivity contribution in [3.63, 3.8) is 0 Å². The number of carboxylic acids is 1. The summed E-state index contributed by atoms with van der Waals surface area (Å²) in [5, 5.41) is 8.76. The fourth-order valence-electron chi connectivity index (χ4n) is 1.41. The van der Waals surface area contributed by atoms with Crippen LogP contribution in [0.5, 0.6) is 0 Å². The van der Waals surface area contributed by atoms with Crippen molar-refractivity contribution in [3.8, 4) is 0 Å². The van der Waals surface area contributed by atoms with Crippen LogP contribution in [0.2, 0.25) is 0 Å². The lowest BCUT2D eigenvalue weighted by molar-refractivity contribution is -0.146. The topological polar surface area (TPSA) is 66.8 Å². The van der Waals surface area contributed by atoms with Gasteiger partial charge in [0.1, 0.15) is 6.54 Å². The highest BCUT2D eigenvalue weighted by molar-refractivity contribution is 5.81. The van der Waals surface area contributed by atoms with Crippen molar-refractivity contribution in [2.75, 3.05) is 19.8 Å². The van der Waals surface area contributed by atoms with Crippen molar-refractivity contribution in [3.05, 3.63) is 0 Å². The highest BCUT2D eigenvalue weighted by atomic mass is 16.5. The van der Waals surface area contributed by atoms with Crippen molar-refractivity contribution >= 4 is 11.9 Å². The Morgan fingerprint density at radius 1 is 1.29 bits per heavy atom. The van der Waals surface area contributed by atoms with E-state index in [0.717, 1.165) is 12.8 Å². The summed E-state index contributed by atoms with van der Waals surface area (Å²) >= 11 is 0.